The van der Waals surface area contributed by atoms with Crippen molar-refractivity contribution in [2.45, 2.75) is 32.0 Å². The number of hydrogen-bond acceptors (Lipinski definition) is 9. The quantitative estimate of drug-likeness (QED) is 0.212. The second-order valence-electron chi connectivity index (χ2n) is 9.60. The summed E-state index contributed by atoms with van der Waals surface area (Å²) in [5.74, 6) is -1.82. The van der Waals surface area contributed by atoms with E-state index in [0.717, 1.165) is 19.1 Å². The molecule has 0 spiro atoms. The van der Waals surface area contributed by atoms with E-state index in [2.05, 4.69) is 14.4 Å². The summed E-state index contributed by atoms with van der Waals surface area (Å²) in [6, 6.07) is 9.79. The number of esters is 2. The maximum Gasteiger partial charge on any atom is 0.387 e. The Hall–Kier alpha value is -3.68. The van der Waals surface area contributed by atoms with Gasteiger partial charge in [-0.2, -0.15) is 8.78 Å². The highest BCUT2D eigenvalue weighted by Gasteiger charge is 2.26. The van der Waals surface area contributed by atoms with Crippen molar-refractivity contribution in [1.29, 1.82) is 0 Å². The second-order valence-corrected chi connectivity index (χ2v) is 12.2. The molecule has 1 aliphatic rings. The van der Waals surface area contributed by atoms with Crippen molar-refractivity contribution in [3.05, 3.63) is 81.6 Å². The SMILES string of the molecule is CS(=O)(=O)Nc1ccccc1C(=O)OCC(=O)OC(Cc1c(Cl)cncc1Cl)c1ccc(OC(F)F)c(OCC2CC2)c1. The van der Waals surface area contributed by atoms with Crippen LogP contribution in [0, 0.1) is 5.92 Å². The molecule has 0 aliphatic heterocycles. The summed E-state index contributed by atoms with van der Waals surface area (Å²) in [6.45, 7) is -3.64. The first-order valence-electron chi connectivity index (χ1n) is 12.8. The standard InChI is InChI=1S/C28H26Cl2F2N2O8S/c1-43(37,38)34-22-5-3-2-4-18(22)27(36)40-15-26(35)41-24(11-19-20(29)12-33-13-21(19)30)17-8-9-23(42-28(31)32)25(10-17)39-14-16-6-7-16/h2-5,8-10,12-13,16,24,28,34H,6-7,11,14-15H2,1H3. The van der Waals surface area contributed by atoms with Crippen molar-refractivity contribution in [3.8, 4) is 11.5 Å². The van der Waals surface area contributed by atoms with Crippen molar-refractivity contribution in [3.63, 3.8) is 0 Å². The maximum atomic E-state index is 13.0. The Bertz CT molecular complexity index is 1570. The highest BCUT2D eigenvalue weighted by molar-refractivity contribution is 7.92. The van der Waals surface area contributed by atoms with E-state index in [1.165, 1.54) is 54.9 Å². The van der Waals surface area contributed by atoms with E-state index in [1.807, 2.05) is 0 Å². The van der Waals surface area contributed by atoms with Crippen LogP contribution < -0.4 is 14.2 Å². The van der Waals surface area contributed by atoms with Crippen LogP contribution in [0.15, 0.2) is 54.9 Å². The zero-order chi connectivity index (χ0) is 31.1. The Morgan fingerprint density at radius 2 is 1.77 bits per heavy atom. The van der Waals surface area contributed by atoms with Crippen molar-refractivity contribution >= 4 is 50.9 Å². The van der Waals surface area contributed by atoms with Gasteiger partial charge in [-0.15, -0.1) is 0 Å². The molecule has 43 heavy (non-hydrogen) atoms. The number of para-hydroxylation sites is 1. The van der Waals surface area contributed by atoms with Crippen LogP contribution in [0.1, 0.15) is 40.4 Å². The largest absolute Gasteiger partial charge is 0.489 e. The normalized spacial score (nSPS) is 13.7. The zero-order valence-corrected chi connectivity index (χ0v) is 24.9. The van der Waals surface area contributed by atoms with E-state index in [9.17, 15) is 26.8 Å². The zero-order valence-electron chi connectivity index (χ0n) is 22.6. The van der Waals surface area contributed by atoms with Crippen LogP contribution in [0.4, 0.5) is 14.5 Å². The molecule has 10 nitrogen and oxygen atoms in total. The fourth-order valence-electron chi connectivity index (χ4n) is 3.91. The van der Waals surface area contributed by atoms with Gasteiger partial charge in [0.05, 0.1) is 34.2 Å². The van der Waals surface area contributed by atoms with E-state index in [-0.39, 0.29) is 39.2 Å². The van der Waals surface area contributed by atoms with Crippen LogP contribution in [0.3, 0.4) is 0 Å². The summed E-state index contributed by atoms with van der Waals surface area (Å²) in [5.41, 5.74) is 0.564. The number of carbonyl (C=O) groups is 2. The Morgan fingerprint density at radius 3 is 2.42 bits per heavy atom. The minimum Gasteiger partial charge on any atom is -0.489 e. The molecule has 1 atom stereocenters. The fourth-order valence-corrected chi connectivity index (χ4v) is 5.01. The predicted octanol–water partition coefficient (Wildman–Crippen LogP) is 5.83. The number of alkyl halides is 2. The summed E-state index contributed by atoms with van der Waals surface area (Å²) in [6.07, 6.45) is 4.40. The van der Waals surface area contributed by atoms with Gasteiger partial charge in [0.2, 0.25) is 10.0 Å². The van der Waals surface area contributed by atoms with E-state index in [1.54, 1.807) is 0 Å². The molecular formula is C28H26Cl2F2N2O8S. The summed E-state index contributed by atoms with van der Waals surface area (Å²) in [7, 11) is -3.70. The molecule has 1 aliphatic carbocycles. The van der Waals surface area contributed by atoms with E-state index in [4.69, 9.17) is 37.4 Å². The number of carbonyl (C=O) groups excluding carboxylic acids is 2. The van der Waals surface area contributed by atoms with E-state index >= 15 is 0 Å². The third-order valence-electron chi connectivity index (χ3n) is 6.11. The number of halogens is 4. The molecule has 1 N–H and O–H groups in total. The highest BCUT2D eigenvalue weighted by atomic mass is 35.5. The number of sulfonamides is 1. The van der Waals surface area contributed by atoms with Gasteiger partial charge < -0.3 is 18.9 Å². The highest BCUT2D eigenvalue weighted by Crippen LogP contribution is 2.38. The van der Waals surface area contributed by atoms with Crippen LogP contribution >= 0.6 is 23.2 Å². The first kappa shape index (κ1) is 32.2. The van der Waals surface area contributed by atoms with Crippen molar-refractivity contribution in [1.82, 2.24) is 4.98 Å². The number of ether oxygens (including phenoxy) is 4. The van der Waals surface area contributed by atoms with Gasteiger partial charge in [-0.1, -0.05) is 41.4 Å². The molecule has 1 aromatic heterocycles. The lowest BCUT2D eigenvalue weighted by Crippen LogP contribution is -2.21. The number of anilines is 1. The predicted molar refractivity (Wildman–Crippen MR) is 153 cm³/mol. The minimum absolute atomic E-state index is 0.0269. The molecule has 0 saturated heterocycles. The van der Waals surface area contributed by atoms with Crippen molar-refractivity contribution in [2.24, 2.45) is 5.92 Å². The third kappa shape index (κ3) is 9.66. The third-order valence-corrected chi connectivity index (χ3v) is 7.35. The fraction of sp³-hybridized carbons (Fsp3) is 0.321. The molecule has 0 bridgehead atoms. The van der Waals surface area contributed by atoms with Crippen LogP contribution in [-0.4, -0.2) is 51.4 Å². The molecule has 0 amide bonds. The van der Waals surface area contributed by atoms with Gasteiger partial charge in [-0.25, -0.2) is 18.0 Å². The number of rotatable bonds is 14. The molecule has 3 aromatic rings. The van der Waals surface area contributed by atoms with Gasteiger partial charge in [0.25, 0.3) is 0 Å². The van der Waals surface area contributed by atoms with E-state index < -0.39 is 41.3 Å². The monoisotopic (exact) mass is 658 g/mol. The van der Waals surface area contributed by atoms with Gasteiger partial charge >= 0.3 is 18.6 Å². The van der Waals surface area contributed by atoms with E-state index in [0.29, 0.717) is 23.7 Å². The topological polar surface area (TPSA) is 130 Å². The Labute approximate surface area is 256 Å². The summed E-state index contributed by atoms with van der Waals surface area (Å²) in [5, 5.41) is 0.385. The van der Waals surface area contributed by atoms with Gasteiger partial charge in [0.15, 0.2) is 18.1 Å². The first-order chi connectivity index (χ1) is 20.4. The maximum absolute atomic E-state index is 13.0. The van der Waals surface area contributed by atoms with Gasteiger partial charge in [-0.3, -0.25) is 9.71 Å². The summed E-state index contributed by atoms with van der Waals surface area (Å²) < 4.78 is 72.7. The van der Waals surface area contributed by atoms with Crippen molar-refractivity contribution in [2.75, 3.05) is 24.2 Å². The smallest absolute Gasteiger partial charge is 0.387 e. The minimum atomic E-state index is -3.70. The average molecular weight is 659 g/mol. The van der Waals surface area contributed by atoms with Gasteiger partial charge in [0, 0.05) is 18.8 Å². The molecule has 1 unspecified atom stereocenters. The Kier molecular flexibility index (Phi) is 10.6. The van der Waals surface area contributed by atoms with Gasteiger partial charge in [-0.05, 0) is 54.2 Å². The molecule has 4 rings (SSSR count). The lowest BCUT2D eigenvalue weighted by atomic mass is 10.0. The molecule has 1 saturated carbocycles. The Morgan fingerprint density at radius 1 is 1.07 bits per heavy atom. The molecule has 1 heterocycles. The van der Waals surface area contributed by atoms with Crippen LogP contribution in [0.2, 0.25) is 10.0 Å². The molecule has 15 heteroatoms. The number of nitrogens with one attached hydrogen (secondary N) is 1. The average Bonchev–Trinajstić information content (AvgIpc) is 3.76. The molecular weight excluding hydrogens is 633 g/mol. The number of aromatic nitrogens is 1. The molecule has 1 fully saturated rings. The van der Waals surface area contributed by atoms with Crippen LogP contribution in [0.25, 0.3) is 0 Å². The molecule has 230 valence electrons. The van der Waals surface area contributed by atoms with Crippen molar-refractivity contribution < 1.29 is 45.7 Å². The first-order valence-corrected chi connectivity index (χ1v) is 15.5. The summed E-state index contributed by atoms with van der Waals surface area (Å²) >= 11 is 12.6. The van der Waals surface area contributed by atoms with Crippen LogP contribution in [0.5, 0.6) is 11.5 Å². The molecule has 0 radical (unpaired) electrons. The molecule has 2 aromatic carbocycles. The summed E-state index contributed by atoms with van der Waals surface area (Å²) in [4.78, 5) is 29.5. The number of benzene rings is 2. The second kappa shape index (κ2) is 14.2. The lowest BCUT2D eigenvalue weighted by molar-refractivity contribution is -0.153. The van der Waals surface area contributed by atoms with Gasteiger partial charge in [0.1, 0.15) is 6.10 Å². The Balaban J connectivity index is 1.55. The number of pyridine rings is 1. The number of hydrogen-bond donors (Lipinski definition) is 1. The van der Waals surface area contributed by atoms with Crippen LogP contribution in [-0.2, 0) is 30.7 Å². The number of nitrogens with zero attached hydrogens (tertiary/aromatic N) is 1. The lowest BCUT2D eigenvalue weighted by Gasteiger charge is -2.21.